The second-order valence-corrected chi connectivity index (χ2v) is 5.01. The molecule has 1 rings (SSSR count). The Morgan fingerprint density at radius 1 is 1.30 bits per heavy atom. The number of hydrogen-bond acceptors (Lipinski definition) is 3. The van der Waals surface area contributed by atoms with E-state index in [9.17, 15) is 9.59 Å². The minimum atomic E-state index is -0.137. The van der Waals surface area contributed by atoms with Crippen molar-refractivity contribution >= 4 is 23.2 Å². The van der Waals surface area contributed by atoms with Gasteiger partial charge in [-0.1, -0.05) is 19.4 Å². The molecule has 0 saturated heterocycles. The molecule has 0 aliphatic carbocycles. The van der Waals surface area contributed by atoms with Gasteiger partial charge in [-0.3, -0.25) is 9.59 Å². The molecule has 2 amide bonds. The van der Waals surface area contributed by atoms with Crippen LogP contribution in [0.3, 0.4) is 0 Å². The first kappa shape index (κ1) is 16.2. The summed E-state index contributed by atoms with van der Waals surface area (Å²) in [6.45, 7) is 5.39. The first-order valence-corrected chi connectivity index (χ1v) is 6.86. The predicted molar refractivity (Wildman–Crippen MR) is 81.6 cm³/mol. The number of anilines is 2. The number of rotatable bonds is 6. The molecular formula is C15H23N3O2. The predicted octanol–water partition coefficient (Wildman–Crippen LogP) is 2.41. The number of nitrogens with two attached hydrogens (primary N) is 1. The minimum absolute atomic E-state index is 0.108. The van der Waals surface area contributed by atoms with Crippen molar-refractivity contribution in [3.63, 3.8) is 0 Å². The molecular weight excluding hydrogens is 254 g/mol. The summed E-state index contributed by atoms with van der Waals surface area (Å²) in [6, 6.07) is 5.30. The zero-order chi connectivity index (χ0) is 15.1. The zero-order valence-corrected chi connectivity index (χ0v) is 12.3. The van der Waals surface area contributed by atoms with Crippen molar-refractivity contribution in [2.45, 2.75) is 46.1 Å². The molecule has 0 spiro atoms. The highest BCUT2D eigenvalue weighted by molar-refractivity contribution is 5.94. The molecule has 0 aliphatic heterocycles. The van der Waals surface area contributed by atoms with Gasteiger partial charge in [0, 0.05) is 30.8 Å². The summed E-state index contributed by atoms with van der Waals surface area (Å²) in [5.41, 5.74) is 8.15. The highest BCUT2D eigenvalue weighted by Crippen LogP contribution is 2.20. The van der Waals surface area contributed by atoms with Crippen LogP contribution < -0.4 is 16.4 Å². The van der Waals surface area contributed by atoms with E-state index in [-0.39, 0.29) is 17.9 Å². The van der Waals surface area contributed by atoms with Gasteiger partial charge in [0.15, 0.2) is 0 Å². The van der Waals surface area contributed by atoms with Gasteiger partial charge in [-0.25, -0.2) is 0 Å². The van der Waals surface area contributed by atoms with Gasteiger partial charge in [-0.2, -0.15) is 0 Å². The summed E-state index contributed by atoms with van der Waals surface area (Å²) in [5.74, 6) is -0.245. The van der Waals surface area contributed by atoms with E-state index in [1.807, 2.05) is 26.0 Å². The summed E-state index contributed by atoms with van der Waals surface area (Å²) in [5, 5.41) is 5.53. The van der Waals surface area contributed by atoms with Gasteiger partial charge in [-0.05, 0) is 31.0 Å². The first-order chi connectivity index (χ1) is 9.42. The van der Waals surface area contributed by atoms with Gasteiger partial charge in [-0.15, -0.1) is 0 Å². The molecule has 5 heteroatoms. The maximum Gasteiger partial charge on any atom is 0.225 e. The third-order valence-corrected chi connectivity index (χ3v) is 2.94. The van der Waals surface area contributed by atoms with Crippen LogP contribution in [0.15, 0.2) is 18.2 Å². The Morgan fingerprint density at radius 3 is 2.60 bits per heavy atom. The average Bonchev–Trinajstić information content (AvgIpc) is 2.32. The molecule has 0 radical (unpaired) electrons. The molecule has 110 valence electrons. The zero-order valence-electron chi connectivity index (χ0n) is 12.3. The number of carbonyl (C=O) groups excluding carboxylic acids is 2. The van der Waals surface area contributed by atoms with E-state index < -0.39 is 0 Å². The molecule has 0 bridgehead atoms. The van der Waals surface area contributed by atoms with Gasteiger partial charge in [0.05, 0.1) is 0 Å². The third-order valence-electron chi connectivity index (χ3n) is 2.94. The van der Waals surface area contributed by atoms with Crippen molar-refractivity contribution in [3.05, 3.63) is 23.8 Å². The third kappa shape index (κ3) is 5.40. The Hall–Kier alpha value is -1.88. The van der Waals surface area contributed by atoms with E-state index in [1.54, 1.807) is 6.07 Å². The molecule has 1 aromatic carbocycles. The van der Waals surface area contributed by atoms with Crippen LogP contribution in [0.5, 0.6) is 0 Å². The highest BCUT2D eigenvalue weighted by Gasteiger charge is 2.10. The summed E-state index contributed by atoms with van der Waals surface area (Å²) >= 11 is 0. The van der Waals surface area contributed by atoms with E-state index in [0.717, 1.165) is 18.4 Å². The number of hydrogen-bond donors (Lipinski definition) is 3. The fourth-order valence-corrected chi connectivity index (χ4v) is 1.95. The molecule has 1 aromatic rings. The molecule has 0 saturated carbocycles. The highest BCUT2D eigenvalue weighted by atomic mass is 16.2. The van der Waals surface area contributed by atoms with Crippen LogP contribution in [0.4, 0.5) is 11.4 Å². The summed E-state index contributed by atoms with van der Waals surface area (Å²) in [7, 11) is 0. The molecule has 1 atom stereocenters. The lowest BCUT2D eigenvalue weighted by Crippen LogP contribution is -2.26. The van der Waals surface area contributed by atoms with Crippen LogP contribution in [-0.2, 0) is 9.59 Å². The Morgan fingerprint density at radius 2 is 2.00 bits per heavy atom. The Labute approximate surface area is 119 Å². The maximum absolute atomic E-state index is 11.8. The molecule has 0 fully saturated rings. The van der Waals surface area contributed by atoms with Crippen LogP contribution in [0.2, 0.25) is 0 Å². The fourth-order valence-electron chi connectivity index (χ4n) is 1.95. The second kappa shape index (κ2) is 7.65. The van der Waals surface area contributed by atoms with Crippen LogP contribution >= 0.6 is 0 Å². The van der Waals surface area contributed by atoms with Crippen molar-refractivity contribution in [1.29, 1.82) is 0 Å². The number of nitrogens with one attached hydrogen (secondary N) is 2. The fraction of sp³-hybridized carbons (Fsp3) is 0.467. The monoisotopic (exact) mass is 277 g/mol. The van der Waals surface area contributed by atoms with Crippen molar-refractivity contribution in [3.8, 4) is 0 Å². The topological polar surface area (TPSA) is 84.2 Å². The maximum atomic E-state index is 11.8. The Bertz CT molecular complexity index is 486. The van der Waals surface area contributed by atoms with E-state index >= 15 is 0 Å². The summed E-state index contributed by atoms with van der Waals surface area (Å²) in [4.78, 5) is 22.9. The van der Waals surface area contributed by atoms with Crippen molar-refractivity contribution in [2.24, 2.45) is 5.73 Å². The normalized spacial score (nSPS) is 11.8. The largest absolute Gasteiger partial charge is 0.327 e. The van der Waals surface area contributed by atoms with Gasteiger partial charge in [0.25, 0.3) is 0 Å². The lowest BCUT2D eigenvalue weighted by Gasteiger charge is -2.12. The summed E-state index contributed by atoms with van der Waals surface area (Å²) in [6.07, 6.45) is 2.10. The molecule has 20 heavy (non-hydrogen) atoms. The van der Waals surface area contributed by atoms with E-state index in [2.05, 4.69) is 10.6 Å². The van der Waals surface area contributed by atoms with E-state index in [4.69, 9.17) is 5.73 Å². The SMILES string of the molecule is CCCC(N)CC(=O)Nc1ccc(C)c(NC(C)=O)c1. The van der Waals surface area contributed by atoms with Crippen molar-refractivity contribution in [2.75, 3.05) is 10.6 Å². The smallest absolute Gasteiger partial charge is 0.225 e. The number of aryl methyl sites for hydroxylation is 1. The second-order valence-electron chi connectivity index (χ2n) is 5.01. The average molecular weight is 277 g/mol. The lowest BCUT2D eigenvalue weighted by molar-refractivity contribution is -0.116. The van der Waals surface area contributed by atoms with Crippen molar-refractivity contribution < 1.29 is 9.59 Å². The molecule has 5 nitrogen and oxygen atoms in total. The number of benzene rings is 1. The van der Waals surface area contributed by atoms with E-state index in [1.165, 1.54) is 6.92 Å². The van der Waals surface area contributed by atoms with Gasteiger partial charge >= 0.3 is 0 Å². The molecule has 0 aliphatic rings. The molecule has 1 unspecified atom stereocenters. The number of carbonyl (C=O) groups is 2. The molecule has 4 N–H and O–H groups in total. The van der Waals surface area contributed by atoms with Gasteiger partial charge in [0.2, 0.25) is 11.8 Å². The van der Waals surface area contributed by atoms with Crippen LogP contribution in [-0.4, -0.2) is 17.9 Å². The summed E-state index contributed by atoms with van der Waals surface area (Å²) < 4.78 is 0. The molecule has 0 aromatic heterocycles. The van der Waals surface area contributed by atoms with Gasteiger partial charge in [0.1, 0.15) is 0 Å². The van der Waals surface area contributed by atoms with Crippen LogP contribution in [0, 0.1) is 6.92 Å². The minimum Gasteiger partial charge on any atom is -0.327 e. The quantitative estimate of drug-likeness (QED) is 0.746. The number of amides is 2. The van der Waals surface area contributed by atoms with Crippen LogP contribution in [0.25, 0.3) is 0 Å². The van der Waals surface area contributed by atoms with E-state index in [0.29, 0.717) is 17.8 Å². The Kier molecular flexibility index (Phi) is 6.18. The van der Waals surface area contributed by atoms with Crippen molar-refractivity contribution in [1.82, 2.24) is 0 Å². The lowest BCUT2D eigenvalue weighted by atomic mass is 10.1. The van der Waals surface area contributed by atoms with Gasteiger partial charge < -0.3 is 16.4 Å². The molecule has 0 heterocycles. The van der Waals surface area contributed by atoms with Crippen LogP contribution in [0.1, 0.15) is 38.7 Å². The Balaban J connectivity index is 2.68. The first-order valence-electron chi connectivity index (χ1n) is 6.86. The standard InChI is InChI=1S/C15H23N3O2/c1-4-5-12(16)8-15(20)18-13-7-6-10(2)14(9-13)17-11(3)19/h6-7,9,12H,4-5,8,16H2,1-3H3,(H,17,19)(H,18,20).